The normalized spacial score (nSPS) is 19.0. The van der Waals surface area contributed by atoms with Crippen molar-refractivity contribution >= 4 is 16.3 Å². The quantitative estimate of drug-likeness (QED) is 0.732. The fourth-order valence-electron chi connectivity index (χ4n) is 4.51. The molecule has 2 fully saturated rings. The molecule has 2 aliphatic heterocycles. The Morgan fingerprint density at radius 2 is 1.78 bits per heavy atom. The van der Waals surface area contributed by atoms with Crippen molar-refractivity contribution in [1.82, 2.24) is 4.31 Å². The Kier molecular flexibility index (Phi) is 6.83. The average Bonchev–Trinajstić information content (AvgIpc) is 2.79. The molecule has 32 heavy (non-hydrogen) atoms. The van der Waals surface area contributed by atoms with Crippen LogP contribution in [0.25, 0.3) is 11.1 Å². The summed E-state index contributed by atoms with van der Waals surface area (Å²) in [4.78, 5) is 12.3. The number of aryl methyl sites for hydroxylation is 1. The van der Waals surface area contributed by atoms with Crippen LogP contribution in [0.5, 0.6) is 5.75 Å². The van der Waals surface area contributed by atoms with E-state index in [0.29, 0.717) is 52.0 Å². The molecule has 0 amide bonds. The first-order valence-electron chi connectivity index (χ1n) is 11.0. The van der Waals surface area contributed by atoms with E-state index < -0.39 is 22.2 Å². The fourth-order valence-corrected chi connectivity index (χ4v) is 5.62. The summed E-state index contributed by atoms with van der Waals surface area (Å²) in [5.41, 5.74) is 4.29. The molecule has 0 saturated carbocycles. The molecule has 0 spiro atoms. The Hall–Kier alpha value is -2.42. The summed E-state index contributed by atoms with van der Waals surface area (Å²) in [6.07, 6.45) is 2.32. The van der Waals surface area contributed by atoms with Crippen LogP contribution in [0.15, 0.2) is 42.5 Å². The second kappa shape index (κ2) is 9.60. The van der Waals surface area contributed by atoms with E-state index in [9.17, 15) is 18.3 Å². The van der Waals surface area contributed by atoms with Crippen LogP contribution in [0.4, 0.5) is 0 Å². The number of rotatable bonds is 5. The zero-order chi connectivity index (χ0) is 22.7. The number of phenols is 1. The van der Waals surface area contributed by atoms with Gasteiger partial charge in [-0.25, -0.2) is 0 Å². The van der Waals surface area contributed by atoms with E-state index in [1.807, 2.05) is 19.1 Å². The third kappa shape index (κ3) is 5.14. The van der Waals surface area contributed by atoms with Gasteiger partial charge in [-0.1, -0.05) is 30.3 Å². The molecular formula is C24H29NO6S. The second-order valence-electron chi connectivity index (χ2n) is 8.54. The van der Waals surface area contributed by atoms with Crippen molar-refractivity contribution in [2.45, 2.75) is 38.5 Å². The Morgan fingerprint density at radius 3 is 2.44 bits per heavy atom. The van der Waals surface area contributed by atoms with Gasteiger partial charge in [-0.3, -0.25) is 4.79 Å². The number of piperidine rings is 1. The standard InChI is InChI=1S/C24H29NO6S/c1-17-15-20(5-6-23(17)21-3-2-4-22(26)16-21)18-7-11-25(12-8-18)32(28,29)31-24(27)19-9-13-30-14-10-19/h2-6,15-16,18-19,26H,7-14H2,1H3. The molecule has 0 bridgehead atoms. The summed E-state index contributed by atoms with van der Waals surface area (Å²) in [7, 11) is -4.07. The van der Waals surface area contributed by atoms with Gasteiger partial charge in [0.2, 0.25) is 0 Å². The van der Waals surface area contributed by atoms with Crippen molar-refractivity contribution in [3.05, 3.63) is 53.6 Å². The van der Waals surface area contributed by atoms with Gasteiger partial charge in [0.05, 0.1) is 5.92 Å². The smallest absolute Gasteiger partial charge is 0.387 e. The molecule has 7 nitrogen and oxygen atoms in total. The molecule has 8 heteroatoms. The van der Waals surface area contributed by atoms with Crippen LogP contribution in [-0.2, 0) is 24.0 Å². The third-order valence-corrected chi connectivity index (χ3v) is 7.76. The minimum Gasteiger partial charge on any atom is -0.508 e. The maximum atomic E-state index is 12.6. The van der Waals surface area contributed by atoms with Crippen LogP contribution in [-0.4, -0.2) is 50.1 Å². The number of benzene rings is 2. The van der Waals surface area contributed by atoms with E-state index in [1.165, 1.54) is 9.87 Å². The van der Waals surface area contributed by atoms with Gasteiger partial charge in [0, 0.05) is 26.3 Å². The van der Waals surface area contributed by atoms with Gasteiger partial charge in [-0.05, 0) is 72.9 Å². The topological polar surface area (TPSA) is 93.1 Å². The molecule has 2 heterocycles. The van der Waals surface area contributed by atoms with Crippen molar-refractivity contribution in [1.29, 1.82) is 0 Å². The van der Waals surface area contributed by atoms with E-state index in [0.717, 1.165) is 16.7 Å². The largest absolute Gasteiger partial charge is 0.508 e. The number of nitrogens with zero attached hydrogens (tertiary/aromatic N) is 1. The number of ether oxygens (including phenoxy) is 1. The molecule has 172 valence electrons. The number of aromatic hydroxyl groups is 1. The molecule has 4 rings (SSSR count). The lowest BCUT2D eigenvalue weighted by Gasteiger charge is -2.31. The summed E-state index contributed by atoms with van der Waals surface area (Å²) in [5.74, 6) is -0.612. The number of carbonyl (C=O) groups is 1. The highest BCUT2D eigenvalue weighted by Gasteiger charge is 2.34. The van der Waals surface area contributed by atoms with Crippen LogP contribution >= 0.6 is 0 Å². The summed E-state index contributed by atoms with van der Waals surface area (Å²) >= 11 is 0. The summed E-state index contributed by atoms with van der Waals surface area (Å²) in [5, 5.41) is 9.75. The number of phenolic OH excluding ortho intramolecular Hbond substituents is 1. The molecule has 0 radical (unpaired) electrons. The lowest BCUT2D eigenvalue weighted by molar-refractivity contribution is -0.141. The van der Waals surface area contributed by atoms with Crippen LogP contribution in [0, 0.1) is 12.8 Å². The first-order chi connectivity index (χ1) is 15.3. The highest BCUT2D eigenvalue weighted by atomic mass is 32.2. The van der Waals surface area contributed by atoms with Crippen molar-refractivity contribution < 1.29 is 27.2 Å². The van der Waals surface area contributed by atoms with Crippen molar-refractivity contribution in [3.8, 4) is 16.9 Å². The molecular weight excluding hydrogens is 430 g/mol. The zero-order valence-corrected chi connectivity index (χ0v) is 19.0. The van der Waals surface area contributed by atoms with Crippen molar-refractivity contribution in [3.63, 3.8) is 0 Å². The van der Waals surface area contributed by atoms with Gasteiger partial charge in [0.1, 0.15) is 5.75 Å². The summed E-state index contributed by atoms with van der Waals surface area (Å²) in [6.45, 7) is 3.59. The Morgan fingerprint density at radius 1 is 1.06 bits per heavy atom. The predicted molar refractivity (Wildman–Crippen MR) is 120 cm³/mol. The van der Waals surface area contributed by atoms with E-state index in [4.69, 9.17) is 8.92 Å². The van der Waals surface area contributed by atoms with Crippen LogP contribution in [0.1, 0.15) is 42.7 Å². The first kappa shape index (κ1) is 22.8. The van der Waals surface area contributed by atoms with Gasteiger partial charge in [0.25, 0.3) is 0 Å². The average molecular weight is 460 g/mol. The van der Waals surface area contributed by atoms with E-state index in [-0.39, 0.29) is 11.7 Å². The Labute approximate surface area is 189 Å². The van der Waals surface area contributed by atoms with Crippen molar-refractivity contribution in [2.75, 3.05) is 26.3 Å². The third-order valence-electron chi connectivity index (χ3n) is 6.39. The van der Waals surface area contributed by atoms with Gasteiger partial charge in [-0.15, -0.1) is 0 Å². The highest BCUT2D eigenvalue weighted by Crippen LogP contribution is 2.33. The van der Waals surface area contributed by atoms with Crippen molar-refractivity contribution in [2.24, 2.45) is 5.92 Å². The monoisotopic (exact) mass is 459 g/mol. The maximum absolute atomic E-state index is 12.6. The summed E-state index contributed by atoms with van der Waals surface area (Å²) in [6, 6.07) is 13.4. The van der Waals surface area contributed by atoms with E-state index >= 15 is 0 Å². The van der Waals surface area contributed by atoms with Gasteiger partial charge in [-0.2, -0.15) is 12.7 Å². The van der Waals surface area contributed by atoms with E-state index in [2.05, 4.69) is 18.2 Å². The molecule has 0 unspecified atom stereocenters. The number of carbonyl (C=O) groups excluding carboxylic acids is 1. The van der Waals surface area contributed by atoms with E-state index in [1.54, 1.807) is 12.1 Å². The maximum Gasteiger partial charge on any atom is 0.387 e. The molecule has 2 aromatic rings. The minimum atomic E-state index is -4.07. The number of hydrogen-bond acceptors (Lipinski definition) is 6. The Bertz CT molecular complexity index is 1070. The fraction of sp³-hybridized carbons (Fsp3) is 0.458. The number of hydrogen-bond donors (Lipinski definition) is 1. The SMILES string of the molecule is Cc1cc(C2CCN(S(=O)(=O)OC(=O)C3CCOCC3)CC2)ccc1-c1cccc(O)c1. The predicted octanol–water partition coefficient (Wildman–Crippen LogP) is 3.76. The lowest BCUT2D eigenvalue weighted by Crippen LogP contribution is -2.41. The van der Waals surface area contributed by atoms with Gasteiger partial charge in [0.15, 0.2) is 0 Å². The van der Waals surface area contributed by atoms with Gasteiger partial charge >= 0.3 is 16.3 Å². The Balaban J connectivity index is 1.38. The van der Waals surface area contributed by atoms with Crippen LogP contribution in [0.3, 0.4) is 0 Å². The second-order valence-corrected chi connectivity index (χ2v) is 10.1. The lowest BCUT2D eigenvalue weighted by atomic mass is 9.87. The van der Waals surface area contributed by atoms with Crippen LogP contribution in [0.2, 0.25) is 0 Å². The molecule has 0 aromatic heterocycles. The molecule has 0 aliphatic carbocycles. The molecule has 2 aromatic carbocycles. The van der Waals surface area contributed by atoms with Crippen LogP contribution < -0.4 is 0 Å². The summed E-state index contributed by atoms with van der Waals surface area (Å²) < 4.78 is 36.6. The van der Waals surface area contributed by atoms with Gasteiger partial charge < -0.3 is 14.0 Å². The zero-order valence-electron chi connectivity index (χ0n) is 18.2. The molecule has 0 atom stereocenters. The molecule has 2 aliphatic rings. The molecule has 2 saturated heterocycles. The highest BCUT2D eigenvalue weighted by molar-refractivity contribution is 7.84. The minimum absolute atomic E-state index is 0.233. The molecule has 1 N–H and O–H groups in total. The first-order valence-corrected chi connectivity index (χ1v) is 12.4.